The van der Waals surface area contributed by atoms with E-state index in [4.69, 9.17) is 10.7 Å². The van der Waals surface area contributed by atoms with Crippen LogP contribution < -0.4 is 5.32 Å². The summed E-state index contributed by atoms with van der Waals surface area (Å²) in [6, 6.07) is 4.15. The van der Waals surface area contributed by atoms with Crippen molar-refractivity contribution < 1.29 is 13.2 Å². The SMILES string of the molecule is O=C(NCCCC1CC1)c1cc(S(=O)(=O)Cl)ccc1Br. The number of amides is 1. The molecule has 0 aliphatic heterocycles. The first-order chi connectivity index (χ1) is 9.38. The van der Waals surface area contributed by atoms with Crippen LogP contribution in [0.2, 0.25) is 0 Å². The minimum absolute atomic E-state index is 0.0782. The Labute approximate surface area is 131 Å². The van der Waals surface area contributed by atoms with E-state index in [0.29, 0.717) is 11.0 Å². The second-order valence-corrected chi connectivity index (χ2v) is 8.34. The highest BCUT2D eigenvalue weighted by molar-refractivity contribution is 9.10. The van der Waals surface area contributed by atoms with Gasteiger partial charge in [-0.25, -0.2) is 8.42 Å². The second-order valence-electron chi connectivity index (χ2n) is 4.92. The third-order valence-electron chi connectivity index (χ3n) is 3.24. The lowest BCUT2D eigenvalue weighted by atomic mass is 10.2. The van der Waals surface area contributed by atoms with Gasteiger partial charge >= 0.3 is 0 Å². The lowest BCUT2D eigenvalue weighted by Crippen LogP contribution is -2.25. The van der Waals surface area contributed by atoms with Gasteiger partial charge in [-0.3, -0.25) is 4.79 Å². The Kier molecular flexibility index (Phi) is 5.09. The summed E-state index contributed by atoms with van der Waals surface area (Å²) in [5.41, 5.74) is 0.276. The molecule has 1 amide bonds. The molecule has 0 unspecified atom stereocenters. The van der Waals surface area contributed by atoms with Crippen molar-refractivity contribution >= 4 is 41.6 Å². The molecule has 1 aliphatic carbocycles. The van der Waals surface area contributed by atoms with E-state index >= 15 is 0 Å². The van der Waals surface area contributed by atoms with E-state index in [1.54, 1.807) is 0 Å². The van der Waals surface area contributed by atoms with Crippen molar-refractivity contribution in [3.8, 4) is 0 Å². The molecule has 1 aromatic carbocycles. The molecular formula is C13H15BrClNO3S. The Morgan fingerprint density at radius 2 is 2.10 bits per heavy atom. The Morgan fingerprint density at radius 3 is 2.70 bits per heavy atom. The first-order valence-corrected chi connectivity index (χ1v) is 9.50. The summed E-state index contributed by atoms with van der Waals surface area (Å²) in [4.78, 5) is 11.9. The van der Waals surface area contributed by atoms with Crippen LogP contribution in [-0.4, -0.2) is 20.9 Å². The van der Waals surface area contributed by atoms with Gasteiger partial charge < -0.3 is 5.32 Å². The minimum Gasteiger partial charge on any atom is -0.352 e. The summed E-state index contributed by atoms with van der Waals surface area (Å²) >= 11 is 3.24. The highest BCUT2D eigenvalue weighted by atomic mass is 79.9. The van der Waals surface area contributed by atoms with Crippen LogP contribution >= 0.6 is 26.6 Å². The van der Waals surface area contributed by atoms with E-state index in [1.807, 2.05) is 0 Å². The van der Waals surface area contributed by atoms with Gasteiger partial charge in [0.2, 0.25) is 0 Å². The van der Waals surface area contributed by atoms with Crippen LogP contribution in [0.15, 0.2) is 27.6 Å². The molecule has 0 radical (unpaired) electrons. The summed E-state index contributed by atoms with van der Waals surface area (Å²) in [5.74, 6) is 0.540. The average Bonchev–Trinajstić information content (AvgIpc) is 3.17. The van der Waals surface area contributed by atoms with E-state index in [1.165, 1.54) is 31.0 Å². The van der Waals surface area contributed by atoms with Crippen molar-refractivity contribution in [2.75, 3.05) is 6.54 Å². The van der Waals surface area contributed by atoms with Gasteiger partial charge in [0.25, 0.3) is 15.0 Å². The van der Waals surface area contributed by atoms with Gasteiger partial charge in [-0.05, 0) is 52.9 Å². The largest absolute Gasteiger partial charge is 0.352 e. The Morgan fingerprint density at radius 1 is 1.40 bits per heavy atom. The van der Waals surface area contributed by atoms with Gasteiger partial charge in [0.05, 0.1) is 10.5 Å². The lowest BCUT2D eigenvalue weighted by Gasteiger charge is -2.08. The molecule has 7 heteroatoms. The van der Waals surface area contributed by atoms with Gasteiger partial charge in [0, 0.05) is 21.7 Å². The predicted octanol–water partition coefficient (Wildman–Crippen LogP) is 3.30. The number of hydrogen-bond donors (Lipinski definition) is 1. The van der Waals surface area contributed by atoms with Crippen LogP contribution in [0.5, 0.6) is 0 Å². The summed E-state index contributed by atoms with van der Waals surface area (Å²) < 4.78 is 23.1. The highest BCUT2D eigenvalue weighted by Gasteiger charge is 2.20. The molecule has 0 spiro atoms. The van der Waals surface area contributed by atoms with Crippen molar-refractivity contribution in [3.63, 3.8) is 0 Å². The maximum absolute atomic E-state index is 12.0. The molecule has 0 aromatic heterocycles. The van der Waals surface area contributed by atoms with Gasteiger partial charge in [0.15, 0.2) is 0 Å². The van der Waals surface area contributed by atoms with Crippen molar-refractivity contribution in [1.29, 1.82) is 0 Å². The maximum atomic E-state index is 12.0. The second kappa shape index (κ2) is 6.45. The summed E-state index contributed by atoms with van der Waals surface area (Å²) in [7, 11) is 1.45. The first-order valence-electron chi connectivity index (χ1n) is 6.40. The third-order valence-corrected chi connectivity index (χ3v) is 5.28. The summed E-state index contributed by atoms with van der Waals surface area (Å²) in [6.45, 7) is 0.597. The minimum atomic E-state index is -3.83. The van der Waals surface area contributed by atoms with Crippen LogP contribution in [0.3, 0.4) is 0 Å². The van der Waals surface area contributed by atoms with Crippen LogP contribution in [0, 0.1) is 5.92 Å². The molecule has 110 valence electrons. The van der Waals surface area contributed by atoms with Crippen molar-refractivity contribution in [2.24, 2.45) is 5.92 Å². The van der Waals surface area contributed by atoms with Gasteiger partial charge in [-0.1, -0.05) is 12.8 Å². The van der Waals surface area contributed by atoms with Crippen molar-refractivity contribution in [2.45, 2.75) is 30.6 Å². The Balaban J connectivity index is 2.00. The topological polar surface area (TPSA) is 63.2 Å². The van der Waals surface area contributed by atoms with Crippen LogP contribution in [0.25, 0.3) is 0 Å². The molecule has 0 saturated heterocycles. The number of halogens is 2. The zero-order chi connectivity index (χ0) is 14.8. The molecule has 2 rings (SSSR count). The first kappa shape index (κ1) is 15.8. The zero-order valence-corrected chi connectivity index (χ0v) is 13.9. The molecule has 1 aromatic rings. The van der Waals surface area contributed by atoms with Gasteiger partial charge in [0.1, 0.15) is 0 Å². The molecule has 1 aliphatic rings. The molecule has 20 heavy (non-hydrogen) atoms. The van der Waals surface area contributed by atoms with Crippen molar-refractivity contribution in [1.82, 2.24) is 5.32 Å². The molecule has 4 nitrogen and oxygen atoms in total. The van der Waals surface area contributed by atoms with Crippen LogP contribution in [0.1, 0.15) is 36.0 Å². The quantitative estimate of drug-likeness (QED) is 0.608. The number of carbonyl (C=O) groups excluding carboxylic acids is 1. The Bertz CT molecular complexity index is 614. The van der Waals surface area contributed by atoms with E-state index in [9.17, 15) is 13.2 Å². The van der Waals surface area contributed by atoms with E-state index in [0.717, 1.165) is 18.8 Å². The molecule has 1 saturated carbocycles. The number of nitrogens with one attached hydrogen (secondary N) is 1. The average molecular weight is 381 g/mol. The zero-order valence-electron chi connectivity index (χ0n) is 10.7. The van der Waals surface area contributed by atoms with Crippen LogP contribution in [0.4, 0.5) is 0 Å². The summed E-state index contributed by atoms with van der Waals surface area (Å²) in [6.07, 6.45) is 4.68. The van der Waals surface area contributed by atoms with E-state index in [2.05, 4.69) is 21.2 Å². The number of rotatable bonds is 6. The molecule has 0 bridgehead atoms. The molecule has 0 atom stereocenters. The number of hydrogen-bond acceptors (Lipinski definition) is 3. The van der Waals surface area contributed by atoms with E-state index < -0.39 is 9.05 Å². The maximum Gasteiger partial charge on any atom is 0.261 e. The Hall–Kier alpha value is -0.590. The normalized spacial score (nSPS) is 15.1. The standard InChI is InChI=1S/C13H15BrClNO3S/c14-12-6-5-10(20(15,18)19)8-11(12)13(17)16-7-1-2-9-3-4-9/h5-6,8-9H,1-4,7H2,(H,16,17). The van der Waals surface area contributed by atoms with Crippen LogP contribution in [-0.2, 0) is 9.05 Å². The lowest BCUT2D eigenvalue weighted by molar-refractivity contribution is 0.0952. The highest BCUT2D eigenvalue weighted by Crippen LogP contribution is 2.33. The fraction of sp³-hybridized carbons (Fsp3) is 0.462. The fourth-order valence-electron chi connectivity index (χ4n) is 1.92. The predicted molar refractivity (Wildman–Crippen MR) is 81.5 cm³/mol. The third kappa shape index (κ3) is 4.46. The van der Waals surface area contributed by atoms with Gasteiger partial charge in [-0.2, -0.15) is 0 Å². The molecular weight excluding hydrogens is 366 g/mol. The fourth-order valence-corrected chi connectivity index (χ4v) is 3.13. The smallest absolute Gasteiger partial charge is 0.261 e. The van der Waals surface area contributed by atoms with E-state index in [-0.39, 0.29) is 16.4 Å². The number of carbonyl (C=O) groups is 1. The molecule has 0 heterocycles. The molecule has 1 N–H and O–H groups in total. The monoisotopic (exact) mass is 379 g/mol. The summed E-state index contributed by atoms with van der Waals surface area (Å²) in [5, 5.41) is 2.79. The molecule has 1 fully saturated rings. The van der Waals surface area contributed by atoms with Crippen molar-refractivity contribution in [3.05, 3.63) is 28.2 Å². The van der Waals surface area contributed by atoms with Gasteiger partial charge in [-0.15, -0.1) is 0 Å². The number of benzene rings is 1.